The predicted octanol–water partition coefficient (Wildman–Crippen LogP) is 3.30. The first-order valence-electron chi connectivity index (χ1n) is 9.24. The second-order valence-corrected chi connectivity index (χ2v) is 8.95. The highest BCUT2D eigenvalue weighted by Gasteiger charge is 2.38. The van der Waals surface area contributed by atoms with Crippen molar-refractivity contribution in [3.05, 3.63) is 54.0 Å². The SMILES string of the molecule is Cc1cccc(S(=O)(=O)N2CC[C@@H](Oc3ccc(-c4noc(C(F)(F)F)n4)cn3)C2)c1. The molecule has 0 amide bonds. The quantitative estimate of drug-likeness (QED) is 0.583. The van der Waals surface area contributed by atoms with Crippen LogP contribution in [0.5, 0.6) is 5.88 Å². The largest absolute Gasteiger partial charge is 0.473 e. The van der Waals surface area contributed by atoms with Crippen LogP contribution >= 0.6 is 0 Å². The summed E-state index contributed by atoms with van der Waals surface area (Å²) in [5.41, 5.74) is 1.07. The van der Waals surface area contributed by atoms with Crippen LogP contribution in [0.4, 0.5) is 13.2 Å². The Bertz CT molecular complexity index is 1180. The Hall–Kier alpha value is -2.99. The van der Waals surface area contributed by atoms with Crippen molar-refractivity contribution in [3.63, 3.8) is 0 Å². The summed E-state index contributed by atoms with van der Waals surface area (Å²) in [5, 5.41) is 3.30. The molecule has 2 aromatic heterocycles. The van der Waals surface area contributed by atoms with E-state index in [1.165, 1.54) is 22.6 Å². The van der Waals surface area contributed by atoms with E-state index in [2.05, 4.69) is 19.6 Å². The molecule has 1 saturated heterocycles. The van der Waals surface area contributed by atoms with Crippen molar-refractivity contribution >= 4 is 10.0 Å². The molecule has 12 heteroatoms. The monoisotopic (exact) mass is 454 g/mol. The van der Waals surface area contributed by atoms with Gasteiger partial charge in [-0.15, -0.1) is 0 Å². The molecule has 1 aliphatic heterocycles. The summed E-state index contributed by atoms with van der Waals surface area (Å²) in [4.78, 5) is 7.58. The molecule has 0 radical (unpaired) electrons. The van der Waals surface area contributed by atoms with Gasteiger partial charge < -0.3 is 9.26 Å². The van der Waals surface area contributed by atoms with Gasteiger partial charge in [0, 0.05) is 24.4 Å². The van der Waals surface area contributed by atoms with Gasteiger partial charge in [-0.2, -0.15) is 22.5 Å². The Kier molecular flexibility index (Phi) is 5.43. The Balaban J connectivity index is 1.41. The van der Waals surface area contributed by atoms with Crippen LogP contribution in [0.25, 0.3) is 11.4 Å². The minimum absolute atomic E-state index is 0.166. The molecular weight excluding hydrogens is 437 g/mol. The Labute approximate surface area is 175 Å². The summed E-state index contributed by atoms with van der Waals surface area (Å²) in [7, 11) is -3.62. The van der Waals surface area contributed by atoms with Crippen LogP contribution in [-0.2, 0) is 16.2 Å². The van der Waals surface area contributed by atoms with E-state index in [1.807, 2.05) is 13.0 Å². The number of hydrogen-bond donors (Lipinski definition) is 0. The molecule has 0 saturated carbocycles. The van der Waals surface area contributed by atoms with E-state index in [0.717, 1.165) is 5.56 Å². The number of pyridine rings is 1. The Morgan fingerprint density at radius 1 is 1.23 bits per heavy atom. The van der Waals surface area contributed by atoms with Crippen molar-refractivity contribution in [2.75, 3.05) is 13.1 Å². The van der Waals surface area contributed by atoms with Crippen molar-refractivity contribution < 1.29 is 30.8 Å². The first-order valence-corrected chi connectivity index (χ1v) is 10.7. The van der Waals surface area contributed by atoms with Crippen LogP contribution < -0.4 is 4.74 Å². The number of halogens is 3. The number of ether oxygens (including phenoxy) is 1. The lowest BCUT2D eigenvalue weighted by atomic mass is 10.2. The summed E-state index contributed by atoms with van der Waals surface area (Å²) in [6, 6.07) is 9.59. The second kappa shape index (κ2) is 7.93. The molecule has 1 atom stereocenters. The summed E-state index contributed by atoms with van der Waals surface area (Å²) in [5.74, 6) is -1.48. The molecule has 4 rings (SSSR count). The highest BCUT2D eigenvalue weighted by atomic mass is 32.2. The second-order valence-electron chi connectivity index (χ2n) is 7.01. The van der Waals surface area contributed by atoms with E-state index < -0.39 is 28.2 Å². The van der Waals surface area contributed by atoms with Crippen LogP contribution in [-0.4, -0.2) is 47.0 Å². The maximum absolute atomic E-state index is 12.8. The molecule has 31 heavy (non-hydrogen) atoms. The third-order valence-electron chi connectivity index (χ3n) is 4.69. The van der Waals surface area contributed by atoms with Gasteiger partial charge in [-0.05, 0) is 37.1 Å². The first-order chi connectivity index (χ1) is 14.6. The fraction of sp³-hybridized carbons (Fsp3) is 0.316. The number of benzene rings is 1. The number of aromatic nitrogens is 3. The molecular formula is C19H17F3N4O4S. The van der Waals surface area contributed by atoms with Gasteiger partial charge in [0.2, 0.25) is 21.7 Å². The van der Waals surface area contributed by atoms with Gasteiger partial charge >= 0.3 is 12.1 Å². The smallest absolute Gasteiger partial charge is 0.471 e. The molecule has 0 spiro atoms. The lowest BCUT2D eigenvalue weighted by molar-refractivity contribution is -0.159. The normalized spacial score (nSPS) is 17.7. The average Bonchev–Trinajstić information content (AvgIpc) is 3.38. The average molecular weight is 454 g/mol. The van der Waals surface area contributed by atoms with Crippen LogP contribution in [0, 0.1) is 6.92 Å². The molecule has 1 aliphatic rings. The van der Waals surface area contributed by atoms with Crippen LogP contribution in [0.15, 0.2) is 52.0 Å². The minimum atomic E-state index is -4.73. The molecule has 0 N–H and O–H groups in total. The topological polar surface area (TPSA) is 98.4 Å². The zero-order valence-corrected chi connectivity index (χ0v) is 17.0. The number of sulfonamides is 1. The van der Waals surface area contributed by atoms with Gasteiger partial charge in [0.05, 0.1) is 11.4 Å². The lowest BCUT2D eigenvalue weighted by Gasteiger charge is -2.17. The van der Waals surface area contributed by atoms with Gasteiger partial charge in [0.1, 0.15) is 6.10 Å². The standard InChI is InChI=1S/C19H17F3N4O4S/c1-12-3-2-4-15(9-12)31(27,28)26-8-7-14(11-26)29-16-6-5-13(10-23-16)17-24-18(30-25-17)19(20,21)22/h2-6,9-10,14H,7-8,11H2,1H3/t14-/m1/s1. The van der Waals surface area contributed by atoms with Crippen molar-refractivity contribution in [2.45, 2.75) is 30.5 Å². The van der Waals surface area contributed by atoms with E-state index in [4.69, 9.17) is 4.74 Å². The van der Waals surface area contributed by atoms with Crippen LogP contribution in [0.1, 0.15) is 17.9 Å². The number of hydrogen-bond acceptors (Lipinski definition) is 7. The van der Waals surface area contributed by atoms with Gasteiger partial charge in [-0.3, -0.25) is 0 Å². The van der Waals surface area contributed by atoms with Gasteiger partial charge in [0.25, 0.3) is 0 Å². The van der Waals surface area contributed by atoms with Gasteiger partial charge in [-0.1, -0.05) is 17.3 Å². The summed E-state index contributed by atoms with van der Waals surface area (Å²) in [6.07, 6.45) is -3.39. The zero-order valence-electron chi connectivity index (χ0n) is 16.2. The molecule has 0 unspecified atom stereocenters. The van der Waals surface area contributed by atoms with Gasteiger partial charge in [0.15, 0.2) is 0 Å². The summed E-state index contributed by atoms with van der Waals surface area (Å²) >= 11 is 0. The molecule has 3 aromatic rings. The van der Waals surface area contributed by atoms with E-state index in [9.17, 15) is 21.6 Å². The van der Waals surface area contributed by atoms with Crippen molar-refractivity contribution in [1.29, 1.82) is 0 Å². The molecule has 164 valence electrons. The minimum Gasteiger partial charge on any atom is -0.473 e. The fourth-order valence-corrected chi connectivity index (χ4v) is 4.74. The van der Waals surface area contributed by atoms with Crippen molar-refractivity contribution in [3.8, 4) is 17.3 Å². The zero-order chi connectivity index (χ0) is 22.2. The molecule has 3 heterocycles. The summed E-state index contributed by atoms with van der Waals surface area (Å²) in [6.45, 7) is 2.30. The maximum Gasteiger partial charge on any atom is 0.471 e. The maximum atomic E-state index is 12.8. The predicted molar refractivity (Wildman–Crippen MR) is 102 cm³/mol. The van der Waals surface area contributed by atoms with Crippen LogP contribution in [0.2, 0.25) is 0 Å². The molecule has 1 aromatic carbocycles. The van der Waals surface area contributed by atoms with E-state index in [0.29, 0.717) is 13.0 Å². The van der Waals surface area contributed by atoms with E-state index in [-0.39, 0.29) is 28.7 Å². The molecule has 8 nitrogen and oxygen atoms in total. The van der Waals surface area contributed by atoms with Gasteiger partial charge in [-0.25, -0.2) is 13.4 Å². The molecule has 1 fully saturated rings. The van der Waals surface area contributed by atoms with E-state index >= 15 is 0 Å². The van der Waals surface area contributed by atoms with E-state index in [1.54, 1.807) is 18.2 Å². The highest BCUT2D eigenvalue weighted by Crippen LogP contribution is 2.30. The third-order valence-corrected chi connectivity index (χ3v) is 6.55. The summed E-state index contributed by atoms with van der Waals surface area (Å²) < 4.78 is 74.7. The number of rotatable bonds is 5. The first kappa shape index (κ1) is 21.2. The molecule has 0 aliphatic carbocycles. The van der Waals surface area contributed by atoms with Crippen molar-refractivity contribution in [1.82, 2.24) is 19.4 Å². The highest BCUT2D eigenvalue weighted by molar-refractivity contribution is 7.89. The fourth-order valence-electron chi connectivity index (χ4n) is 3.15. The number of alkyl halides is 3. The number of aryl methyl sites for hydroxylation is 1. The Morgan fingerprint density at radius 2 is 2.03 bits per heavy atom. The lowest BCUT2D eigenvalue weighted by Crippen LogP contribution is -2.31. The Morgan fingerprint density at radius 3 is 2.68 bits per heavy atom. The third kappa shape index (κ3) is 4.54. The van der Waals surface area contributed by atoms with Crippen LogP contribution in [0.3, 0.4) is 0 Å². The number of nitrogens with zero attached hydrogens (tertiary/aromatic N) is 4. The molecule has 0 bridgehead atoms. The van der Waals surface area contributed by atoms with Crippen molar-refractivity contribution in [2.24, 2.45) is 0 Å².